The average molecular weight is 207 g/mol. The van der Waals surface area contributed by atoms with Crippen molar-refractivity contribution in [1.82, 2.24) is 9.55 Å². The van der Waals surface area contributed by atoms with Crippen LogP contribution < -0.4 is 0 Å². The van der Waals surface area contributed by atoms with Crippen LogP contribution >= 0.6 is 0 Å². The molecule has 1 aromatic rings. The van der Waals surface area contributed by atoms with Crippen LogP contribution in [-0.2, 0) is 6.54 Å². The highest BCUT2D eigenvalue weighted by molar-refractivity contribution is 5.07. The fraction of sp³-hybridized carbons (Fsp3) is 0.636. The zero-order valence-corrected chi connectivity index (χ0v) is 9.22. The summed E-state index contributed by atoms with van der Waals surface area (Å²) in [4.78, 5) is 3.98. The quantitative estimate of drug-likeness (QED) is 0.801. The molecule has 0 aliphatic heterocycles. The summed E-state index contributed by atoms with van der Waals surface area (Å²) in [7, 11) is 0. The Morgan fingerprint density at radius 2 is 2.33 bits per heavy atom. The van der Waals surface area contributed by atoms with Crippen molar-refractivity contribution in [2.75, 3.05) is 0 Å². The molecule has 2 atom stereocenters. The van der Waals surface area contributed by atoms with Crippen molar-refractivity contribution in [1.29, 1.82) is 5.26 Å². The number of rotatable bonds is 5. The van der Waals surface area contributed by atoms with Crippen LogP contribution in [0, 0.1) is 17.2 Å². The summed E-state index contributed by atoms with van der Waals surface area (Å²) in [5, 5.41) is 19.0. The van der Waals surface area contributed by atoms with E-state index in [9.17, 15) is 5.11 Å². The SMILES string of the molecule is CCCC(C#N)C(O)c1cncn1CC. The largest absolute Gasteiger partial charge is 0.385 e. The first-order valence-electron chi connectivity index (χ1n) is 5.32. The lowest BCUT2D eigenvalue weighted by Gasteiger charge is -2.17. The number of aliphatic hydroxyl groups is 1. The van der Waals surface area contributed by atoms with Crippen molar-refractivity contribution < 1.29 is 5.11 Å². The standard InChI is InChI=1S/C11H17N3O/c1-3-5-9(6-12)11(15)10-7-13-8-14(10)4-2/h7-9,11,15H,3-5H2,1-2H3. The molecule has 0 radical (unpaired) electrons. The minimum atomic E-state index is -0.725. The van der Waals surface area contributed by atoms with E-state index in [2.05, 4.69) is 11.1 Å². The van der Waals surface area contributed by atoms with E-state index in [0.29, 0.717) is 6.42 Å². The Bertz CT molecular complexity index is 340. The Kier molecular flexibility index (Phi) is 4.32. The van der Waals surface area contributed by atoms with E-state index in [1.807, 2.05) is 18.4 Å². The number of aryl methyl sites for hydroxylation is 1. The van der Waals surface area contributed by atoms with Crippen molar-refractivity contribution in [3.8, 4) is 6.07 Å². The maximum absolute atomic E-state index is 10.0. The van der Waals surface area contributed by atoms with Crippen molar-refractivity contribution in [3.63, 3.8) is 0 Å². The van der Waals surface area contributed by atoms with Crippen molar-refractivity contribution in [2.45, 2.75) is 39.3 Å². The molecule has 0 bridgehead atoms. The third-order valence-electron chi connectivity index (χ3n) is 2.53. The summed E-state index contributed by atoms with van der Waals surface area (Å²) < 4.78 is 1.87. The Balaban J connectivity index is 2.83. The molecule has 0 saturated heterocycles. The molecule has 4 nitrogen and oxygen atoms in total. The van der Waals surface area contributed by atoms with Gasteiger partial charge in [-0.3, -0.25) is 0 Å². The summed E-state index contributed by atoms with van der Waals surface area (Å²) >= 11 is 0. The van der Waals surface area contributed by atoms with Crippen molar-refractivity contribution >= 4 is 0 Å². The van der Waals surface area contributed by atoms with Crippen LogP contribution in [0.4, 0.5) is 0 Å². The van der Waals surface area contributed by atoms with Gasteiger partial charge in [0.25, 0.3) is 0 Å². The molecule has 0 spiro atoms. The lowest BCUT2D eigenvalue weighted by atomic mass is 9.96. The lowest BCUT2D eigenvalue weighted by Crippen LogP contribution is -2.14. The van der Waals surface area contributed by atoms with E-state index >= 15 is 0 Å². The molecular weight excluding hydrogens is 190 g/mol. The normalized spacial score (nSPS) is 14.5. The van der Waals surface area contributed by atoms with Gasteiger partial charge in [-0.1, -0.05) is 13.3 Å². The third kappa shape index (κ3) is 2.57. The maximum atomic E-state index is 10.0. The van der Waals surface area contributed by atoms with E-state index in [1.54, 1.807) is 12.5 Å². The van der Waals surface area contributed by atoms with Gasteiger partial charge in [0.2, 0.25) is 0 Å². The van der Waals surface area contributed by atoms with E-state index in [0.717, 1.165) is 18.7 Å². The monoisotopic (exact) mass is 207 g/mol. The predicted octanol–water partition coefficient (Wildman–Crippen LogP) is 1.88. The van der Waals surface area contributed by atoms with Gasteiger partial charge in [-0.25, -0.2) is 4.98 Å². The molecule has 1 aromatic heterocycles. The molecule has 1 rings (SSSR count). The minimum absolute atomic E-state index is 0.336. The Hall–Kier alpha value is -1.34. The molecule has 2 unspecified atom stereocenters. The van der Waals surface area contributed by atoms with Gasteiger partial charge in [-0.2, -0.15) is 5.26 Å². The summed E-state index contributed by atoms with van der Waals surface area (Å²) in [5.41, 5.74) is 0.734. The first kappa shape index (κ1) is 11.7. The predicted molar refractivity (Wildman–Crippen MR) is 56.9 cm³/mol. The van der Waals surface area contributed by atoms with Crippen LogP contribution in [0.25, 0.3) is 0 Å². The van der Waals surface area contributed by atoms with Gasteiger partial charge in [0.15, 0.2) is 0 Å². The first-order valence-corrected chi connectivity index (χ1v) is 5.32. The number of nitrogens with zero attached hydrogens (tertiary/aromatic N) is 3. The average Bonchev–Trinajstić information content (AvgIpc) is 2.72. The fourth-order valence-electron chi connectivity index (χ4n) is 1.65. The Morgan fingerprint density at radius 3 is 2.87 bits per heavy atom. The van der Waals surface area contributed by atoms with E-state index in [4.69, 9.17) is 5.26 Å². The molecule has 1 N–H and O–H groups in total. The molecule has 0 aromatic carbocycles. The molecular formula is C11H17N3O. The Morgan fingerprint density at radius 1 is 1.60 bits per heavy atom. The van der Waals surface area contributed by atoms with Crippen LogP contribution in [0.5, 0.6) is 0 Å². The van der Waals surface area contributed by atoms with E-state index < -0.39 is 6.10 Å². The van der Waals surface area contributed by atoms with E-state index in [-0.39, 0.29) is 5.92 Å². The number of nitriles is 1. The fourth-order valence-corrected chi connectivity index (χ4v) is 1.65. The second kappa shape index (κ2) is 5.52. The summed E-state index contributed by atoms with van der Waals surface area (Å²) in [6.07, 6.45) is 4.20. The molecule has 0 aliphatic rings. The highest BCUT2D eigenvalue weighted by Gasteiger charge is 2.22. The lowest BCUT2D eigenvalue weighted by molar-refractivity contribution is 0.121. The number of aliphatic hydroxyl groups excluding tert-OH is 1. The maximum Gasteiger partial charge on any atom is 0.111 e. The Labute approximate surface area is 90.2 Å². The molecule has 0 amide bonds. The molecule has 1 heterocycles. The summed E-state index contributed by atoms with van der Waals surface area (Å²) in [5.74, 6) is -0.336. The molecule has 0 aliphatic carbocycles. The second-order valence-corrected chi connectivity index (χ2v) is 3.57. The highest BCUT2D eigenvalue weighted by atomic mass is 16.3. The van der Waals surface area contributed by atoms with Gasteiger partial charge in [0.05, 0.1) is 30.2 Å². The molecule has 82 valence electrons. The number of hydrogen-bond donors (Lipinski definition) is 1. The summed E-state index contributed by atoms with van der Waals surface area (Å²) in [6.45, 7) is 4.75. The van der Waals surface area contributed by atoms with Crippen LogP contribution in [0.1, 0.15) is 38.5 Å². The third-order valence-corrected chi connectivity index (χ3v) is 2.53. The molecule has 4 heteroatoms. The van der Waals surface area contributed by atoms with Gasteiger partial charge in [-0.05, 0) is 13.3 Å². The smallest absolute Gasteiger partial charge is 0.111 e. The molecule has 15 heavy (non-hydrogen) atoms. The zero-order valence-electron chi connectivity index (χ0n) is 9.22. The second-order valence-electron chi connectivity index (χ2n) is 3.57. The number of imidazole rings is 1. The highest BCUT2D eigenvalue weighted by Crippen LogP contribution is 2.24. The molecule has 0 fully saturated rings. The molecule has 0 saturated carbocycles. The summed E-state index contributed by atoms with van der Waals surface area (Å²) in [6, 6.07) is 2.15. The van der Waals surface area contributed by atoms with Gasteiger partial charge < -0.3 is 9.67 Å². The van der Waals surface area contributed by atoms with Crippen LogP contribution in [-0.4, -0.2) is 14.7 Å². The van der Waals surface area contributed by atoms with Crippen molar-refractivity contribution in [2.24, 2.45) is 5.92 Å². The van der Waals surface area contributed by atoms with Crippen molar-refractivity contribution in [3.05, 3.63) is 18.2 Å². The topological polar surface area (TPSA) is 61.8 Å². The first-order chi connectivity index (χ1) is 7.24. The van der Waals surface area contributed by atoms with Gasteiger partial charge >= 0.3 is 0 Å². The van der Waals surface area contributed by atoms with Gasteiger partial charge in [0.1, 0.15) is 6.10 Å². The van der Waals surface area contributed by atoms with Crippen LogP contribution in [0.15, 0.2) is 12.5 Å². The van der Waals surface area contributed by atoms with Crippen LogP contribution in [0.2, 0.25) is 0 Å². The van der Waals surface area contributed by atoms with E-state index in [1.165, 1.54) is 0 Å². The minimum Gasteiger partial charge on any atom is -0.385 e. The zero-order chi connectivity index (χ0) is 11.3. The van der Waals surface area contributed by atoms with Gasteiger partial charge in [-0.15, -0.1) is 0 Å². The van der Waals surface area contributed by atoms with Crippen LogP contribution in [0.3, 0.4) is 0 Å². The number of hydrogen-bond acceptors (Lipinski definition) is 3. The van der Waals surface area contributed by atoms with Gasteiger partial charge in [0, 0.05) is 6.54 Å². The number of aromatic nitrogens is 2.